The summed E-state index contributed by atoms with van der Waals surface area (Å²) in [5.41, 5.74) is 7.19. The van der Waals surface area contributed by atoms with Crippen molar-refractivity contribution >= 4 is 17.5 Å². The molecular weight excluding hydrogens is 266 g/mol. The van der Waals surface area contributed by atoms with E-state index in [1.54, 1.807) is 12.1 Å². The van der Waals surface area contributed by atoms with Gasteiger partial charge in [-0.1, -0.05) is 13.0 Å². The van der Waals surface area contributed by atoms with E-state index in [0.29, 0.717) is 24.2 Å². The molecule has 1 aromatic rings. The third-order valence-corrected chi connectivity index (χ3v) is 3.86. The summed E-state index contributed by atoms with van der Waals surface area (Å²) in [5, 5.41) is 5.63. The Morgan fingerprint density at radius 2 is 1.95 bits per heavy atom. The van der Waals surface area contributed by atoms with Crippen LogP contribution in [-0.4, -0.2) is 24.9 Å². The summed E-state index contributed by atoms with van der Waals surface area (Å²) in [4.78, 5) is 24.2. The normalized spacial score (nSPS) is 13.4. The molecule has 0 radical (unpaired) electrons. The molecule has 5 heteroatoms. The highest BCUT2D eigenvalue weighted by atomic mass is 16.2. The van der Waals surface area contributed by atoms with Gasteiger partial charge in [0, 0.05) is 24.3 Å². The Morgan fingerprint density at radius 3 is 2.48 bits per heavy atom. The smallest absolute Gasteiger partial charge is 0.251 e. The fourth-order valence-corrected chi connectivity index (χ4v) is 1.83. The lowest BCUT2D eigenvalue weighted by molar-refractivity contribution is -0.124. The van der Waals surface area contributed by atoms with Gasteiger partial charge in [0.15, 0.2) is 0 Å². The Labute approximate surface area is 126 Å². The highest BCUT2D eigenvalue weighted by Gasteiger charge is 2.30. The van der Waals surface area contributed by atoms with Crippen LogP contribution in [0.25, 0.3) is 0 Å². The summed E-state index contributed by atoms with van der Waals surface area (Å²) in [5.74, 6) is -0.270. The lowest BCUT2D eigenvalue weighted by atomic mass is 9.86. The average molecular weight is 291 g/mol. The van der Waals surface area contributed by atoms with Crippen LogP contribution in [0.2, 0.25) is 0 Å². The minimum Gasteiger partial charge on any atom is -0.352 e. The predicted octanol–water partition coefficient (Wildman–Crippen LogP) is 2.06. The van der Waals surface area contributed by atoms with Crippen molar-refractivity contribution in [3.05, 3.63) is 29.3 Å². The SMILES string of the molecule is CCNC(=O)c1ccc(C)c(NC(=O)C(C)(CC)CN)c1. The molecular formula is C16H25N3O2. The molecule has 21 heavy (non-hydrogen) atoms. The molecule has 116 valence electrons. The quantitative estimate of drug-likeness (QED) is 0.750. The van der Waals surface area contributed by atoms with Crippen molar-refractivity contribution in [2.75, 3.05) is 18.4 Å². The second-order valence-electron chi connectivity index (χ2n) is 5.46. The zero-order chi connectivity index (χ0) is 16.0. The van der Waals surface area contributed by atoms with Crippen LogP contribution in [0, 0.1) is 12.3 Å². The highest BCUT2D eigenvalue weighted by molar-refractivity contribution is 5.99. The van der Waals surface area contributed by atoms with Crippen LogP contribution in [0.3, 0.4) is 0 Å². The standard InChI is InChI=1S/C16H25N3O2/c1-5-16(4,10-17)15(21)19-13-9-12(8-7-11(13)3)14(20)18-6-2/h7-9H,5-6,10,17H2,1-4H3,(H,18,20)(H,19,21). The van der Waals surface area contributed by atoms with Gasteiger partial charge in [-0.2, -0.15) is 0 Å². The number of benzene rings is 1. The van der Waals surface area contributed by atoms with Crippen LogP contribution in [-0.2, 0) is 4.79 Å². The molecule has 1 atom stereocenters. The second kappa shape index (κ2) is 7.22. The predicted molar refractivity (Wildman–Crippen MR) is 85.3 cm³/mol. The topological polar surface area (TPSA) is 84.2 Å². The largest absolute Gasteiger partial charge is 0.352 e. The molecule has 0 aliphatic carbocycles. The molecule has 1 rings (SSSR count). The van der Waals surface area contributed by atoms with Crippen LogP contribution in [0.15, 0.2) is 18.2 Å². The molecule has 0 fully saturated rings. The van der Waals surface area contributed by atoms with Gasteiger partial charge in [0.2, 0.25) is 5.91 Å². The molecule has 2 amide bonds. The first-order chi connectivity index (χ1) is 9.87. The van der Waals surface area contributed by atoms with E-state index in [-0.39, 0.29) is 18.4 Å². The van der Waals surface area contributed by atoms with E-state index in [4.69, 9.17) is 5.73 Å². The minimum absolute atomic E-state index is 0.122. The first-order valence-electron chi connectivity index (χ1n) is 7.28. The van der Waals surface area contributed by atoms with Gasteiger partial charge in [0.25, 0.3) is 5.91 Å². The molecule has 1 unspecified atom stereocenters. The number of hydrogen-bond donors (Lipinski definition) is 3. The van der Waals surface area contributed by atoms with Crippen molar-refractivity contribution in [1.82, 2.24) is 5.32 Å². The lowest BCUT2D eigenvalue weighted by Crippen LogP contribution is -2.39. The Morgan fingerprint density at radius 1 is 1.29 bits per heavy atom. The van der Waals surface area contributed by atoms with Gasteiger partial charge in [-0.3, -0.25) is 9.59 Å². The summed E-state index contributed by atoms with van der Waals surface area (Å²) < 4.78 is 0. The molecule has 0 saturated heterocycles. The number of amides is 2. The molecule has 0 aliphatic rings. The fraction of sp³-hybridized carbons (Fsp3) is 0.500. The van der Waals surface area contributed by atoms with Crippen LogP contribution >= 0.6 is 0 Å². The van der Waals surface area contributed by atoms with Crippen molar-refractivity contribution in [2.45, 2.75) is 34.1 Å². The fourth-order valence-electron chi connectivity index (χ4n) is 1.83. The van der Waals surface area contributed by atoms with Gasteiger partial charge in [-0.15, -0.1) is 0 Å². The molecule has 0 saturated carbocycles. The van der Waals surface area contributed by atoms with E-state index < -0.39 is 5.41 Å². The lowest BCUT2D eigenvalue weighted by Gasteiger charge is -2.25. The number of carbonyl (C=O) groups excluding carboxylic acids is 2. The van der Waals surface area contributed by atoms with E-state index in [1.807, 2.05) is 33.8 Å². The van der Waals surface area contributed by atoms with Crippen molar-refractivity contribution < 1.29 is 9.59 Å². The number of anilines is 1. The molecule has 0 bridgehead atoms. The average Bonchev–Trinajstić information content (AvgIpc) is 2.48. The van der Waals surface area contributed by atoms with Gasteiger partial charge in [0.1, 0.15) is 0 Å². The summed E-state index contributed by atoms with van der Waals surface area (Å²) in [6.45, 7) is 8.38. The zero-order valence-electron chi connectivity index (χ0n) is 13.2. The maximum Gasteiger partial charge on any atom is 0.251 e. The first-order valence-corrected chi connectivity index (χ1v) is 7.28. The van der Waals surface area contributed by atoms with E-state index in [2.05, 4.69) is 10.6 Å². The molecule has 5 nitrogen and oxygen atoms in total. The van der Waals surface area contributed by atoms with Crippen molar-refractivity contribution in [2.24, 2.45) is 11.1 Å². The molecule has 0 heterocycles. The number of hydrogen-bond acceptors (Lipinski definition) is 3. The zero-order valence-corrected chi connectivity index (χ0v) is 13.2. The monoisotopic (exact) mass is 291 g/mol. The third-order valence-electron chi connectivity index (χ3n) is 3.86. The van der Waals surface area contributed by atoms with Crippen molar-refractivity contribution in [1.29, 1.82) is 0 Å². The van der Waals surface area contributed by atoms with Gasteiger partial charge < -0.3 is 16.4 Å². The molecule has 1 aromatic carbocycles. The number of carbonyl (C=O) groups is 2. The maximum atomic E-state index is 12.4. The third kappa shape index (κ3) is 4.04. The van der Waals surface area contributed by atoms with Gasteiger partial charge in [-0.25, -0.2) is 0 Å². The Hall–Kier alpha value is -1.88. The number of aryl methyl sites for hydroxylation is 1. The van der Waals surface area contributed by atoms with Crippen LogP contribution < -0.4 is 16.4 Å². The van der Waals surface area contributed by atoms with Gasteiger partial charge in [0.05, 0.1) is 5.41 Å². The van der Waals surface area contributed by atoms with E-state index in [9.17, 15) is 9.59 Å². The van der Waals surface area contributed by atoms with Crippen molar-refractivity contribution in [3.8, 4) is 0 Å². The number of nitrogens with two attached hydrogens (primary N) is 1. The van der Waals surface area contributed by atoms with Crippen LogP contribution in [0.4, 0.5) is 5.69 Å². The molecule has 4 N–H and O–H groups in total. The Balaban J connectivity index is 3.00. The van der Waals surface area contributed by atoms with Gasteiger partial charge >= 0.3 is 0 Å². The Bertz CT molecular complexity index is 522. The van der Waals surface area contributed by atoms with Crippen molar-refractivity contribution in [3.63, 3.8) is 0 Å². The summed E-state index contributed by atoms with van der Waals surface area (Å²) >= 11 is 0. The molecule has 0 aromatic heterocycles. The molecule has 0 spiro atoms. The second-order valence-corrected chi connectivity index (χ2v) is 5.46. The highest BCUT2D eigenvalue weighted by Crippen LogP contribution is 2.24. The van der Waals surface area contributed by atoms with Crippen LogP contribution in [0.1, 0.15) is 43.1 Å². The number of nitrogens with one attached hydrogen (secondary N) is 2. The molecule has 0 aliphatic heterocycles. The maximum absolute atomic E-state index is 12.4. The van der Waals surface area contributed by atoms with E-state index in [1.165, 1.54) is 0 Å². The summed E-state index contributed by atoms with van der Waals surface area (Å²) in [6, 6.07) is 5.27. The number of rotatable bonds is 6. The Kier molecular flexibility index (Phi) is 5.90. The summed E-state index contributed by atoms with van der Waals surface area (Å²) in [6.07, 6.45) is 0.657. The van der Waals surface area contributed by atoms with Gasteiger partial charge in [-0.05, 0) is 44.9 Å². The van der Waals surface area contributed by atoms with E-state index >= 15 is 0 Å². The minimum atomic E-state index is -0.603. The van der Waals surface area contributed by atoms with E-state index in [0.717, 1.165) is 5.56 Å². The first kappa shape index (κ1) is 17.2. The summed E-state index contributed by atoms with van der Waals surface area (Å²) in [7, 11) is 0. The van der Waals surface area contributed by atoms with Crippen LogP contribution in [0.5, 0.6) is 0 Å².